The molecule has 0 aliphatic rings. The van der Waals surface area contributed by atoms with Gasteiger partial charge in [0.15, 0.2) is 11.5 Å². The van der Waals surface area contributed by atoms with Crippen LogP contribution in [0.5, 0.6) is 17.2 Å². The lowest BCUT2D eigenvalue weighted by Gasteiger charge is -2.24. The zero-order chi connectivity index (χ0) is 28.4. The van der Waals surface area contributed by atoms with Gasteiger partial charge in [-0.15, -0.1) is 0 Å². The second-order valence-electron chi connectivity index (χ2n) is 9.44. The number of aryl methyl sites for hydroxylation is 1. The number of ether oxygens (including phenoxy) is 3. The summed E-state index contributed by atoms with van der Waals surface area (Å²) in [6.07, 6.45) is 0. The number of amides is 1. The van der Waals surface area contributed by atoms with Crippen molar-refractivity contribution in [2.24, 2.45) is 0 Å². The Balaban J connectivity index is 1.68. The first-order valence-electron chi connectivity index (χ1n) is 12.8. The second kappa shape index (κ2) is 11.4. The Morgan fingerprint density at radius 1 is 0.700 bits per heavy atom. The third kappa shape index (κ3) is 4.80. The van der Waals surface area contributed by atoms with Crippen LogP contribution in [0.25, 0.3) is 33.0 Å². The van der Waals surface area contributed by atoms with Crippen molar-refractivity contribution in [2.75, 3.05) is 33.3 Å². The van der Waals surface area contributed by atoms with Gasteiger partial charge in [-0.05, 0) is 68.7 Å². The maximum Gasteiger partial charge on any atom is 0.262 e. The number of nitrogens with zero attached hydrogens (tertiary/aromatic N) is 1. The summed E-state index contributed by atoms with van der Waals surface area (Å²) in [5.74, 6) is 1.57. The third-order valence-corrected chi connectivity index (χ3v) is 7.83. The molecule has 0 fully saturated rings. The van der Waals surface area contributed by atoms with Crippen LogP contribution >= 0.6 is 15.9 Å². The molecule has 5 aromatic rings. The molecule has 1 amide bonds. The van der Waals surface area contributed by atoms with Crippen molar-refractivity contribution >= 4 is 38.3 Å². The Kier molecular flexibility index (Phi) is 7.81. The second-order valence-corrected chi connectivity index (χ2v) is 10.3. The SMILES string of the molecule is COc1cc2c(N(C)C(=O)c3c(Br)ccc(C)c3OC)cccc2c(-c2ccc(-c3ccccc3)cc2)c1OC. The van der Waals surface area contributed by atoms with Crippen LogP contribution in [0.2, 0.25) is 0 Å². The minimum Gasteiger partial charge on any atom is -0.496 e. The summed E-state index contributed by atoms with van der Waals surface area (Å²) >= 11 is 3.56. The van der Waals surface area contributed by atoms with Crippen LogP contribution in [0, 0.1) is 6.92 Å². The van der Waals surface area contributed by atoms with E-state index >= 15 is 0 Å². The van der Waals surface area contributed by atoms with E-state index in [1.54, 1.807) is 33.3 Å². The molecule has 0 saturated heterocycles. The number of benzene rings is 5. The van der Waals surface area contributed by atoms with Crippen LogP contribution in [-0.2, 0) is 0 Å². The van der Waals surface area contributed by atoms with Crippen LogP contribution in [0.1, 0.15) is 15.9 Å². The van der Waals surface area contributed by atoms with Crippen molar-refractivity contribution in [2.45, 2.75) is 6.92 Å². The Hall–Kier alpha value is -4.29. The van der Waals surface area contributed by atoms with Gasteiger partial charge in [0.25, 0.3) is 5.91 Å². The standard InChI is InChI=1S/C34H30BrNO4/c1-21-14-19-27(35)31(32(21)39-4)34(37)36(2)28-13-9-12-25-26(28)20-29(38-3)33(40-5)30(25)24-17-15-23(16-18-24)22-10-7-6-8-11-22/h6-20H,1-5H3. The monoisotopic (exact) mass is 595 g/mol. The van der Waals surface area contributed by atoms with E-state index in [9.17, 15) is 4.79 Å². The summed E-state index contributed by atoms with van der Waals surface area (Å²) in [5, 5.41) is 1.80. The first-order valence-corrected chi connectivity index (χ1v) is 13.6. The average molecular weight is 597 g/mol. The maximum atomic E-state index is 13.9. The van der Waals surface area contributed by atoms with Crippen LogP contribution < -0.4 is 19.1 Å². The van der Waals surface area contributed by atoms with Crippen molar-refractivity contribution in [3.63, 3.8) is 0 Å². The van der Waals surface area contributed by atoms with Crippen molar-refractivity contribution < 1.29 is 19.0 Å². The van der Waals surface area contributed by atoms with Gasteiger partial charge in [0.2, 0.25) is 0 Å². The van der Waals surface area contributed by atoms with Crippen LogP contribution in [0.15, 0.2) is 95.5 Å². The highest BCUT2D eigenvalue weighted by Crippen LogP contribution is 2.46. The predicted octanol–water partition coefficient (Wildman–Crippen LogP) is 8.55. The Labute approximate surface area is 243 Å². The molecule has 202 valence electrons. The zero-order valence-electron chi connectivity index (χ0n) is 23.1. The predicted molar refractivity (Wildman–Crippen MR) is 166 cm³/mol. The molecule has 5 aromatic carbocycles. The van der Waals surface area contributed by atoms with E-state index in [1.165, 1.54) is 0 Å². The number of carbonyl (C=O) groups excluding carboxylic acids is 1. The third-order valence-electron chi connectivity index (χ3n) is 7.17. The number of hydrogen-bond acceptors (Lipinski definition) is 4. The van der Waals surface area contributed by atoms with Gasteiger partial charge in [-0.3, -0.25) is 4.79 Å². The van der Waals surface area contributed by atoms with Crippen molar-refractivity contribution in [3.05, 3.63) is 107 Å². The van der Waals surface area contributed by atoms with Gasteiger partial charge >= 0.3 is 0 Å². The van der Waals surface area contributed by atoms with Crippen molar-refractivity contribution in [1.82, 2.24) is 0 Å². The van der Waals surface area contributed by atoms with E-state index in [1.807, 2.05) is 61.5 Å². The first kappa shape index (κ1) is 27.3. The minimum absolute atomic E-state index is 0.191. The quantitative estimate of drug-likeness (QED) is 0.189. The fourth-order valence-corrected chi connectivity index (χ4v) is 5.64. The molecule has 40 heavy (non-hydrogen) atoms. The highest BCUT2D eigenvalue weighted by Gasteiger charge is 2.25. The van der Waals surface area contributed by atoms with E-state index in [-0.39, 0.29) is 5.91 Å². The minimum atomic E-state index is -0.191. The molecule has 0 heterocycles. The Bertz CT molecular complexity index is 1700. The molecule has 5 nitrogen and oxygen atoms in total. The number of fused-ring (bicyclic) bond motifs is 1. The molecule has 0 spiro atoms. The fraction of sp³-hybridized carbons (Fsp3) is 0.147. The van der Waals surface area contributed by atoms with Gasteiger partial charge in [-0.25, -0.2) is 0 Å². The summed E-state index contributed by atoms with van der Waals surface area (Å²) in [4.78, 5) is 15.6. The Morgan fingerprint density at radius 3 is 2.00 bits per heavy atom. The smallest absolute Gasteiger partial charge is 0.262 e. The highest BCUT2D eigenvalue weighted by atomic mass is 79.9. The number of anilines is 1. The highest BCUT2D eigenvalue weighted by molar-refractivity contribution is 9.10. The molecule has 6 heteroatoms. The van der Waals surface area contributed by atoms with E-state index in [4.69, 9.17) is 14.2 Å². The van der Waals surface area contributed by atoms with Crippen molar-refractivity contribution in [1.29, 1.82) is 0 Å². The largest absolute Gasteiger partial charge is 0.496 e. The van der Waals surface area contributed by atoms with Gasteiger partial charge in [-0.1, -0.05) is 72.8 Å². The molecule has 0 aromatic heterocycles. The van der Waals surface area contributed by atoms with Gasteiger partial charge < -0.3 is 19.1 Å². The van der Waals surface area contributed by atoms with E-state index < -0.39 is 0 Å². The molecule has 0 aliphatic heterocycles. The van der Waals surface area contributed by atoms with E-state index in [0.717, 1.165) is 44.3 Å². The topological polar surface area (TPSA) is 48.0 Å². The molecule has 0 radical (unpaired) electrons. The van der Waals surface area contributed by atoms with Gasteiger partial charge in [0.05, 0.1) is 32.6 Å². The fourth-order valence-electron chi connectivity index (χ4n) is 5.16. The molecule has 0 atom stereocenters. The molecule has 0 N–H and O–H groups in total. The van der Waals surface area contributed by atoms with Crippen LogP contribution in [0.4, 0.5) is 5.69 Å². The summed E-state index contributed by atoms with van der Waals surface area (Å²) in [7, 11) is 6.62. The average Bonchev–Trinajstić information content (AvgIpc) is 3.00. The Morgan fingerprint density at radius 2 is 1.35 bits per heavy atom. The maximum absolute atomic E-state index is 13.9. The number of carbonyl (C=O) groups is 1. The van der Waals surface area contributed by atoms with Gasteiger partial charge in [-0.2, -0.15) is 0 Å². The zero-order valence-corrected chi connectivity index (χ0v) is 24.7. The molecular weight excluding hydrogens is 566 g/mol. The molecule has 0 unspecified atom stereocenters. The van der Waals surface area contributed by atoms with Gasteiger partial charge in [0, 0.05) is 22.5 Å². The summed E-state index contributed by atoms with van der Waals surface area (Å²) in [6.45, 7) is 1.92. The molecular formula is C34H30BrNO4. The number of rotatable bonds is 7. The number of hydrogen-bond donors (Lipinski definition) is 0. The molecule has 0 saturated carbocycles. The van der Waals surface area contributed by atoms with E-state index in [0.29, 0.717) is 27.3 Å². The summed E-state index contributed by atoms with van der Waals surface area (Å²) in [6, 6.07) is 30.3. The van der Waals surface area contributed by atoms with E-state index in [2.05, 4.69) is 52.3 Å². The molecule has 0 aliphatic carbocycles. The van der Waals surface area contributed by atoms with Crippen LogP contribution in [-0.4, -0.2) is 34.3 Å². The lowest BCUT2D eigenvalue weighted by Crippen LogP contribution is -2.27. The first-order chi connectivity index (χ1) is 19.4. The number of halogens is 1. The lowest BCUT2D eigenvalue weighted by molar-refractivity contribution is 0.0989. The van der Waals surface area contributed by atoms with Crippen molar-refractivity contribution in [3.8, 4) is 39.5 Å². The van der Waals surface area contributed by atoms with Crippen LogP contribution in [0.3, 0.4) is 0 Å². The molecule has 0 bridgehead atoms. The van der Waals surface area contributed by atoms with Gasteiger partial charge in [0.1, 0.15) is 5.75 Å². The normalized spacial score (nSPS) is 10.8. The number of methoxy groups -OCH3 is 3. The lowest BCUT2D eigenvalue weighted by atomic mass is 9.93. The molecule has 5 rings (SSSR count). The summed E-state index contributed by atoms with van der Waals surface area (Å²) < 4.78 is 18.0. The summed E-state index contributed by atoms with van der Waals surface area (Å²) in [5.41, 5.74) is 6.24.